The quantitative estimate of drug-likeness (QED) is 0.358. The second kappa shape index (κ2) is 3.64. The molecule has 5 nitrogen and oxygen atoms in total. The van der Waals surface area contributed by atoms with Crippen LogP contribution in [-0.2, 0) is 0 Å². The van der Waals surface area contributed by atoms with Crippen molar-refractivity contribution in [2.24, 2.45) is 28.3 Å². The van der Waals surface area contributed by atoms with E-state index in [4.69, 9.17) is 16.9 Å². The summed E-state index contributed by atoms with van der Waals surface area (Å²) in [4.78, 5) is 5.61. The summed E-state index contributed by atoms with van der Waals surface area (Å²) in [6.45, 7) is 6.09. The van der Waals surface area contributed by atoms with Gasteiger partial charge in [-0.05, 0) is 11.8 Å². The molecule has 0 amide bonds. The predicted octanol–water partition coefficient (Wildman–Crippen LogP) is -0.218. The zero-order chi connectivity index (χ0) is 10.0. The Balaban J connectivity index is 2.56. The fourth-order valence-electron chi connectivity index (χ4n) is 1.50. The Kier molecular flexibility index (Phi) is 2.75. The van der Waals surface area contributed by atoms with Gasteiger partial charge in [-0.25, -0.2) is 0 Å². The van der Waals surface area contributed by atoms with E-state index in [1.807, 2.05) is 4.90 Å². The molecule has 0 aromatic heterocycles. The molecule has 1 heterocycles. The molecule has 0 aromatic carbocycles. The first kappa shape index (κ1) is 9.83. The molecule has 2 atom stereocenters. The second-order valence-corrected chi connectivity index (χ2v) is 3.72. The molecule has 0 spiro atoms. The van der Waals surface area contributed by atoms with Gasteiger partial charge in [-0.1, -0.05) is 13.8 Å². The van der Waals surface area contributed by atoms with E-state index in [1.165, 1.54) is 0 Å². The van der Waals surface area contributed by atoms with Crippen molar-refractivity contribution < 1.29 is 0 Å². The topological polar surface area (TPSA) is 91.5 Å². The third kappa shape index (κ3) is 2.34. The van der Waals surface area contributed by atoms with E-state index in [2.05, 4.69) is 18.8 Å². The highest BCUT2D eigenvalue weighted by atomic mass is 15.3. The smallest absolute Gasteiger partial charge is 0.221 e. The van der Waals surface area contributed by atoms with Crippen LogP contribution < -0.4 is 11.5 Å². The first-order valence-corrected chi connectivity index (χ1v) is 4.44. The minimum absolute atomic E-state index is 0.0443. The molecule has 0 bridgehead atoms. The molecule has 2 unspecified atom stereocenters. The number of rotatable bonds is 0. The number of likely N-dealkylation sites (tertiary alicyclic amines) is 1. The van der Waals surface area contributed by atoms with Crippen molar-refractivity contribution in [1.29, 1.82) is 5.41 Å². The normalized spacial score (nSPS) is 27.4. The van der Waals surface area contributed by atoms with Crippen LogP contribution in [0.1, 0.15) is 13.8 Å². The summed E-state index contributed by atoms with van der Waals surface area (Å²) in [7, 11) is 0. The van der Waals surface area contributed by atoms with Gasteiger partial charge >= 0.3 is 0 Å². The van der Waals surface area contributed by atoms with E-state index in [0.717, 1.165) is 13.1 Å². The predicted molar refractivity (Wildman–Crippen MR) is 53.4 cm³/mol. The number of nitrogens with one attached hydrogen (secondary N) is 1. The maximum atomic E-state index is 7.57. The standard InChI is InChI=1S/C8H17N5/c1-5-3-13(4-6(5)2)8(11)12-7(9)10/h5-6H,3-4H2,1-2H3,(H5,9,10,11,12). The maximum absolute atomic E-state index is 7.57. The lowest BCUT2D eigenvalue weighted by molar-refractivity contribution is 0.485. The average Bonchev–Trinajstić information content (AvgIpc) is 2.31. The maximum Gasteiger partial charge on any atom is 0.221 e. The number of aliphatic imine (C=N–C) groups is 1. The molecule has 1 saturated heterocycles. The molecule has 74 valence electrons. The largest absolute Gasteiger partial charge is 0.370 e. The molecule has 5 N–H and O–H groups in total. The molecule has 1 rings (SSSR count). The van der Waals surface area contributed by atoms with E-state index >= 15 is 0 Å². The monoisotopic (exact) mass is 183 g/mol. The summed E-state index contributed by atoms with van der Waals surface area (Å²) in [5, 5.41) is 7.57. The Morgan fingerprint density at radius 1 is 1.31 bits per heavy atom. The Hall–Kier alpha value is -1.26. The van der Waals surface area contributed by atoms with E-state index in [0.29, 0.717) is 11.8 Å². The summed E-state index contributed by atoms with van der Waals surface area (Å²) in [5.74, 6) is 1.34. The van der Waals surface area contributed by atoms with Crippen LogP contribution in [0.25, 0.3) is 0 Å². The van der Waals surface area contributed by atoms with E-state index in [-0.39, 0.29) is 11.9 Å². The molecule has 13 heavy (non-hydrogen) atoms. The Morgan fingerprint density at radius 3 is 2.15 bits per heavy atom. The highest BCUT2D eigenvalue weighted by Crippen LogP contribution is 2.21. The van der Waals surface area contributed by atoms with Crippen LogP contribution in [0.5, 0.6) is 0 Å². The van der Waals surface area contributed by atoms with Crippen LogP contribution in [0, 0.1) is 17.2 Å². The summed E-state index contributed by atoms with van der Waals surface area (Å²) < 4.78 is 0. The molecule has 5 heteroatoms. The Bertz CT molecular complexity index is 221. The Labute approximate surface area is 78.3 Å². The minimum Gasteiger partial charge on any atom is -0.370 e. The van der Waals surface area contributed by atoms with E-state index < -0.39 is 0 Å². The lowest BCUT2D eigenvalue weighted by atomic mass is 10.0. The lowest BCUT2D eigenvalue weighted by Gasteiger charge is -2.14. The van der Waals surface area contributed by atoms with Gasteiger partial charge in [0.1, 0.15) is 0 Å². The third-order valence-electron chi connectivity index (χ3n) is 2.52. The van der Waals surface area contributed by atoms with Gasteiger partial charge < -0.3 is 16.4 Å². The van der Waals surface area contributed by atoms with Crippen molar-refractivity contribution in [3.63, 3.8) is 0 Å². The molecule has 1 fully saturated rings. The zero-order valence-corrected chi connectivity index (χ0v) is 8.12. The second-order valence-electron chi connectivity index (χ2n) is 3.72. The molecule has 1 aliphatic rings. The fraction of sp³-hybridized carbons (Fsp3) is 0.750. The highest BCUT2D eigenvalue weighted by molar-refractivity contribution is 5.91. The number of nitrogens with zero attached hydrogens (tertiary/aromatic N) is 2. The van der Waals surface area contributed by atoms with Crippen molar-refractivity contribution >= 4 is 11.9 Å². The van der Waals surface area contributed by atoms with Gasteiger partial charge in [0.25, 0.3) is 0 Å². The van der Waals surface area contributed by atoms with E-state index in [9.17, 15) is 0 Å². The molecular formula is C8H17N5. The van der Waals surface area contributed by atoms with Crippen LogP contribution in [-0.4, -0.2) is 29.9 Å². The molecule has 0 saturated carbocycles. The van der Waals surface area contributed by atoms with Gasteiger partial charge in [0, 0.05) is 13.1 Å². The summed E-state index contributed by atoms with van der Waals surface area (Å²) >= 11 is 0. The van der Waals surface area contributed by atoms with Crippen molar-refractivity contribution in [3.05, 3.63) is 0 Å². The van der Waals surface area contributed by atoms with Gasteiger partial charge in [0.15, 0.2) is 5.96 Å². The summed E-state index contributed by atoms with van der Waals surface area (Å²) in [6.07, 6.45) is 0. The molecule has 0 radical (unpaired) electrons. The highest BCUT2D eigenvalue weighted by Gasteiger charge is 2.27. The van der Waals surface area contributed by atoms with Gasteiger partial charge in [0.05, 0.1) is 0 Å². The SMILES string of the molecule is CC1CN(C(=N)N=C(N)N)CC1C. The average molecular weight is 183 g/mol. The molecule has 0 aliphatic carbocycles. The van der Waals surface area contributed by atoms with Crippen molar-refractivity contribution in [2.45, 2.75) is 13.8 Å². The van der Waals surface area contributed by atoms with Gasteiger partial charge in [-0.2, -0.15) is 4.99 Å². The number of hydrogen-bond donors (Lipinski definition) is 3. The minimum atomic E-state index is -0.0443. The summed E-state index contributed by atoms with van der Waals surface area (Å²) in [6, 6.07) is 0. The van der Waals surface area contributed by atoms with Gasteiger partial charge in [-0.3, -0.25) is 5.41 Å². The first-order chi connectivity index (χ1) is 6.00. The van der Waals surface area contributed by atoms with Crippen LogP contribution >= 0.6 is 0 Å². The molecular weight excluding hydrogens is 166 g/mol. The molecule has 1 aliphatic heterocycles. The Morgan fingerprint density at radius 2 is 1.77 bits per heavy atom. The van der Waals surface area contributed by atoms with Crippen LogP contribution in [0.15, 0.2) is 4.99 Å². The van der Waals surface area contributed by atoms with Crippen LogP contribution in [0.4, 0.5) is 0 Å². The van der Waals surface area contributed by atoms with Crippen molar-refractivity contribution in [1.82, 2.24) is 4.90 Å². The van der Waals surface area contributed by atoms with Crippen molar-refractivity contribution in [3.8, 4) is 0 Å². The van der Waals surface area contributed by atoms with E-state index in [1.54, 1.807) is 0 Å². The van der Waals surface area contributed by atoms with Crippen LogP contribution in [0.2, 0.25) is 0 Å². The molecule has 0 aromatic rings. The lowest BCUT2D eigenvalue weighted by Crippen LogP contribution is -2.31. The van der Waals surface area contributed by atoms with Crippen molar-refractivity contribution in [2.75, 3.05) is 13.1 Å². The zero-order valence-electron chi connectivity index (χ0n) is 8.12. The fourth-order valence-corrected chi connectivity index (χ4v) is 1.50. The first-order valence-electron chi connectivity index (χ1n) is 4.44. The third-order valence-corrected chi connectivity index (χ3v) is 2.52. The number of hydrogen-bond acceptors (Lipinski definition) is 1. The number of guanidine groups is 2. The summed E-state index contributed by atoms with van der Waals surface area (Å²) in [5.41, 5.74) is 10.4. The van der Waals surface area contributed by atoms with Gasteiger partial charge in [-0.15, -0.1) is 0 Å². The number of nitrogens with two attached hydrogens (primary N) is 2. The van der Waals surface area contributed by atoms with Crippen LogP contribution in [0.3, 0.4) is 0 Å². The van der Waals surface area contributed by atoms with Gasteiger partial charge in [0.2, 0.25) is 5.96 Å².